The third-order valence-electron chi connectivity index (χ3n) is 4.52. The number of carbonyl (C=O) groups excluding carboxylic acids is 1. The lowest BCUT2D eigenvalue weighted by molar-refractivity contribution is -0.121. The van der Waals surface area contributed by atoms with Gasteiger partial charge in [0.1, 0.15) is 23.0 Å². The van der Waals surface area contributed by atoms with Gasteiger partial charge in [0, 0.05) is 38.2 Å². The molecular weight excluding hydrogens is 357 g/mol. The van der Waals surface area contributed by atoms with E-state index < -0.39 is 0 Å². The average molecular weight is 377 g/mol. The van der Waals surface area contributed by atoms with Crippen molar-refractivity contribution in [3.05, 3.63) is 84.3 Å². The number of furan rings is 1. The number of hydrogen-bond donors (Lipinski definition) is 1. The number of nitrogens with zero attached hydrogens (tertiary/aromatic N) is 2. The molecule has 0 aliphatic rings. The highest BCUT2D eigenvalue weighted by atomic mass is 19.1. The second-order valence-corrected chi connectivity index (χ2v) is 6.54. The second-order valence-electron chi connectivity index (χ2n) is 6.54. The number of aryl methyl sites for hydroxylation is 1. The summed E-state index contributed by atoms with van der Waals surface area (Å²) in [6.07, 6.45) is 5.37. The molecule has 6 heteroatoms. The van der Waals surface area contributed by atoms with Crippen LogP contribution in [0.2, 0.25) is 0 Å². The molecule has 0 radical (unpaired) electrons. The van der Waals surface area contributed by atoms with Crippen molar-refractivity contribution in [3.8, 4) is 11.3 Å². The summed E-state index contributed by atoms with van der Waals surface area (Å²) in [5.74, 6) is 0.759. The van der Waals surface area contributed by atoms with E-state index in [9.17, 15) is 9.18 Å². The first-order chi connectivity index (χ1) is 13.7. The van der Waals surface area contributed by atoms with E-state index in [1.807, 2.05) is 35.0 Å². The maximum absolute atomic E-state index is 13.8. The topological polar surface area (TPSA) is 59.5 Å². The van der Waals surface area contributed by atoms with Crippen LogP contribution in [0.25, 0.3) is 17.0 Å². The van der Waals surface area contributed by atoms with Crippen molar-refractivity contribution < 1.29 is 13.6 Å². The highest BCUT2D eigenvalue weighted by Crippen LogP contribution is 2.25. The molecule has 3 aromatic heterocycles. The Kier molecular flexibility index (Phi) is 5.19. The van der Waals surface area contributed by atoms with Crippen LogP contribution < -0.4 is 5.32 Å². The minimum absolute atomic E-state index is 0.0485. The van der Waals surface area contributed by atoms with E-state index >= 15 is 0 Å². The van der Waals surface area contributed by atoms with Crippen molar-refractivity contribution in [2.24, 2.45) is 0 Å². The quantitative estimate of drug-likeness (QED) is 0.529. The molecule has 28 heavy (non-hydrogen) atoms. The highest BCUT2D eigenvalue weighted by molar-refractivity contribution is 5.76. The lowest BCUT2D eigenvalue weighted by Gasteiger charge is -2.03. The molecule has 142 valence electrons. The summed E-state index contributed by atoms with van der Waals surface area (Å²) >= 11 is 0. The van der Waals surface area contributed by atoms with Gasteiger partial charge in [0.2, 0.25) is 5.91 Å². The van der Waals surface area contributed by atoms with Gasteiger partial charge in [0.25, 0.3) is 0 Å². The maximum atomic E-state index is 13.8. The molecule has 0 bridgehead atoms. The molecule has 1 N–H and O–H groups in total. The third-order valence-corrected chi connectivity index (χ3v) is 4.52. The highest BCUT2D eigenvalue weighted by Gasteiger charge is 2.10. The number of aromatic nitrogens is 2. The lowest BCUT2D eigenvalue weighted by atomic mass is 10.1. The van der Waals surface area contributed by atoms with E-state index in [0.717, 1.165) is 11.3 Å². The van der Waals surface area contributed by atoms with Gasteiger partial charge in [-0.15, -0.1) is 0 Å². The van der Waals surface area contributed by atoms with E-state index in [2.05, 4.69) is 10.3 Å². The van der Waals surface area contributed by atoms with Gasteiger partial charge in [-0.25, -0.2) is 9.37 Å². The summed E-state index contributed by atoms with van der Waals surface area (Å²) in [4.78, 5) is 16.6. The summed E-state index contributed by atoms with van der Waals surface area (Å²) in [6.45, 7) is 0.529. The molecule has 0 fully saturated rings. The Hall–Kier alpha value is -3.41. The summed E-state index contributed by atoms with van der Waals surface area (Å²) in [5, 5.41) is 2.90. The molecule has 0 aliphatic heterocycles. The molecular formula is C22H20FN3O2. The van der Waals surface area contributed by atoms with E-state index in [0.29, 0.717) is 42.9 Å². The average Bonchev–Trinajstić information content (AvgIpc) is 3.33. The van der Waals surface area contributed by atoms with Crippen molar-refractivity contribution in [1.82, 2.24) is 14.7 Å². The number of carbonyl (C=O) groups is 1. The third kappa shape index (κ3) is 4.11. The number of benzene rings is 1. The Morgan fingerprint density at radius 2 is 1.93 bits per heavy atom. The fraction of sp³-hybridized carbons (Fsp3) is 0.182. The molecule has 4 rings (SSSR count). The first kappa shape index (κ1) is 18.0. The SMILES string of the molecule is O=C(CCc1ccc(-c2ccccc2F)o1)NCCc1cn2ccccc2n1. The fourth-order valence-electron chi connectivity index (χ4n) is 3.08. The van der Waals surface area contributed by atoms with Gasteiger partial charge in [0.15, 0.2) is 0 Å². The summed E-state index contributed by atoms with van der Waals surface area (Å²) in [7, 11) is 0. The van der Waals surface area contributed by atoms with E-state index in [4.69, 9.17) is 4.42 Å². The van der Waals surface area contributed by atoms with Crippen LogP contribution in [-0.4, -0.2) is 21.8 Å². The summed E-state index contributed by atoms with van der Waals surface area (Å²) in [5.41, 5.74) is 2.25. The number of imidazole rings is 1. The molecule has 1 amide bonds. The zero-order chi connectivity index (χ0) is 19.3. The monoisotopic (exact) mass is 377 g/mol. The molecule has 0 spiro atoms. The molecule has 5 nitrogen and oxygen atoms in total. The largest absolute Gasteiger partial charge is 0.461 e. The minimum atomic E-state index is -0.326. The van der Waals surface area contributed by atoms with Crippen molar-refractivity contribution >= 4 is 11.6 Å². The van der Waals surface area contributed by atoms with Crippen LogP contribution in [-0.2, 0) is 17.6 Å². The van der Waals surface area contributed by atoms with Gasteiger partial charge in [-0.05, 0) is 36.4 Å². The van der Waals surface area contributed by atoms with Crippen LogP contribution in [0.3, 0.4) is 0 Å². The molecule has 0 saturated heterocycles. The van der Waals surface area contributed by atoms with Crippen LogP contribution in [0.5, 0.6) is 0 Å². The van der Waals surface area contributed by atoms with Crippen molar-refractivity contribution in [2.45, 2.75) is 19.3 Å². The van der Waals surface area contributed by atoms with Crippen molar-refractivity contribution in [3.63, 3.8) is 0 Å². The van der Waals surface area contributed by atoms with Crippen molar-refractivity contribution in [1.29, 1.82) is 0 Å². The standard InChI is InChI=1S/C22H20FN3O2/c23-19-6-2-1-5-18(19)20-10-8-17(28-20)9-11-22(27)24-13-12-16-15-26-14-4-3-7-21(26)25-16/h1-8,10,14-15H,9,11-13H2,(H,24,27). The fourth-order valence-corrected chi connectivity index (χ4v) is 3.08. The van der Waals surface area contributed by atoms with Gasteiger partial charge >= 0.3 is 0 Å². The first-order valence-electron chi connectivity index (χ1n) is 9.22. The number of amides is 1. The van der Waals surface area contributed by atoms with Crippen molar-refractivity contribution in [2.75, 3.05) is 6.54 Å². The van der Waals surface area contributed by atoms with E-state index in [1.165, 1.54) is 6.07 Å². The van der Waals surface area contributed by atoms with Gasteiger partial charge in [-0.1, -0.05) is 18.2 Å². The smallest absolute Gasteiger partial charge is 0.220 e. The van der Waals surface area contributed by atoms with Crippen LogP contribution in [0.15, 0.2) is 71.4 Å². The van der Waals surface area contributed by atoms with Crippen LogP contribution in [0.1, 0.15) is 17.9 Å². The summed E-state index contributed by atoms with van der Waals surface area (Å²) < 4.78 is 21.5. The van der Waals surface area contributed by atoms with Crippen LogP contribution in [0, 0.1) is 5.82 Å². The Labute approximate surface area is 161 Å². The second kappa shape index (κ2) is 8.08. The molecule has 0 saturated carbocycles. The first-order valence-corrected chi connectivity index (χ1v) is 9.22. The molecule has 0 unspecified atom stereocenters. The molecule has 0 aliphatic carbocycles. The molecule has 3 heterocycles. The Morgan fingerprint density at radius 1 is 1.07 bits per heavy atom. The predicted molar refractivity (Wildman–Crippen MR) is 104 cm³/mol. The number of halogens is 1. The Balaban J connectivity index is 1.25. The number of nitrogens with one attached hydrogen (secondary N) is 1. The number of rotatable bonds is 7. The number of hydrogen-bond acceptors (Lipinski definition) is 3. The van der Waals surface area contributed by atoms with Gasteiger partial charge in [-0.2, -0.15) is 0 Å². The summed E-state index contributed by atoms with van der Waals surface area (Å²) in [6, 6.07) is 15.8. The zero-order valence-corrected chi connectivity index (χ0v) is 15.3. The normalized spacial score (nSPS) is 11.0. The van der Waals surface area contributed by atoms with E-state index in [1.54, 1.807) is 30.3 Å². The lowest BCUT2D eigenvalue weighted by Crippen LogP contribution is -2.25. The molecule has 1 aromatic carbocycles. The minimum Gasteiger partial charge on any atom is -0.461 e. The molecule has 4 aromatic rings. The Bertz CT molecular complexity index is 1070. The Morgan fingerprint density at radius 3 is 2.79 bits per heavy atom. The van der Waals surface area contributed by atoms with Crippen LogP contribution >= 0.6 is 0 Å². The predicted octanol–water partition coefficient (Wildman–Crippen LogP) is 4.02. The van der Waals surface area contributed by atoms with Gasteiger partial charge in [0.05, 0.1) is 11.3 Å². The maximum Gasteiger partial charge on any atom is 0.220 e. The zero-order valence-electron chi connectivity index (χ0n) is 15.3. The van der Waals surface area contributed by atoms with Gasteiger partial charge in [-0.3, -0.25) is 4.79 Å². The van der Waals surface area contributed by atoms with E-state index in [-0.39, 0.29) is 11.7 Å². The number of fused-ring (bicyclic) bond motifs is 1. The number of pyridine rings is 1. The van der Waals surface area contributed by atoms with Gasteiger partial charge < -0.3 is 14.1 Å². The van der Waals surface area contributed by atoms with Crippen LogP contribution in [0.4, 0.5) is 4.39 Å². The molecule has 0 atom stereocenters.